The molecule has 1 atom stereocenters. The summed E-state index contributed by atoms with van der Waals surface area (Å²) in [7, 11) is 0. The monoisotopic (exact) mass is 112 g/mol. The van der Waals surface area contributed by atoms with Crippen molar-refractivity contribution >= 4 is 0 Å². The number of hydrogen-bond donors (Lipinski definition) is 2. The van der Waals surface area contributed by atoms with Crippen LogP contribution in [0.5, 0.6) is 0 Å². The van der Waals surface area contributed by atoms with Gasteiger partial charge in [0.15, 0.2) is 0 Å². The van der Waals surface area contributed by atoms with E-state index in [-0.39, 0.29) is 0 Å². The third kappa shape index (κ3) is 1.23. The van der Waals surface area contributed by atoms with E-state index < -0.39 is 0 Å². The van der Waals surface area contributed by atoms with Crippen LogP contribution in [0, 0.1) is 0 Å². The third-order valence-corrected chi connectivity index (χ3v) is 1.29. The van der Waals surface area contributed by atoms with Gasteiger partial charge in [0.2, 0.25) is 0 Å². The molecule has 0 aromatic rings. The summed E-state index contributed by atoms with van der Waals surface area (Å²) in [5, 5.41) is 0. The molecule has 2 heteroatoms. The molecule has 1 rings (SSSR count). The number of hydrazine groups is 1. The van der Waals surface area contributed by atoms with Gasteiger partial charge < -0.3 is 5.43 Å². The van der Waals surface area contributed by atoms with Crippen molar-refractivity contribution in [2.24, 2.45) is 0 Å². The van der Waals surface area contributed by atoms with Crippen LogP contribution in [0.3, 0.4) is 0 Å². The van der Waals surface area contributed by atoms with E-state index in [2.05, 4.69) is 30.8 Å². The van der Waals surface area contributed by atoms with Crippen LogP contribution in [0.2, 0.25) is 0 Å². The Morgan fingerprint density at radius 3 is 2.88 bits per heavy atom. The van der Waals surface area contributed by atoms with Gasteiger partial charge in [-0.05, 0) is 20.3 Å². The molecule has 1 unspecified atom stereocenters. The smallest absolute Gasteiger partial charge is 0.0267 e. The molecule has 8 heavy (non-hydrogen) atoms. The predicted octanol–water partition coefficient (Wildman–Crippen LogP) is 0.777. The van der Waals surface area contributed by atoms with Gasteiger partial charge in [0.25, 0.3) is 0 Å². The van der Waals surface area contributed by atoms with Gasteiger partial charge in [-0.3, -0.25) is 0 Å². The van der Waals surface area contributed by atoms with Crippen LogP contribution in [0.25, 0.3) is 0 Å². The van der Waals surface area contributed by atoms with Crippen molar-refractivity contribution in [2.75, 3.05) is 0 Å². The van der Waals surface area contributed by atoms with E-state index in [1.165, 1.54) is 5.70 Å². The zero-order valence-electron chi connectivity index (χ0n) is 5.36. The second-order valence-corrected chi connectivity index (χ2v) is 2.29. The minimum Gasteiger partial charge on any atom is -0.326 e. The van der Waals surface area contributed by atoms with Crippen molar-refractivity contribution in [3.05, 3.63) is 11.8 Å². The van der Waals surface area contributed by atoms with E-state index >= 15 is 0 Å². The Bertz CT molecular complexity index is 107. The van der Waals surface area contributed by atoms with Crippen LogP contribution in [-0.4, -0.2) is 6.04 Å². The molecule has 2 N–H and O–H groups in total. The maximum Gasteiger partial charge on any atom is 0.0267 e. The number of rotatable bonds is 0. The van der Waals surface area contributed by atoms with Crippen LogP contribution in [0.1, 0.15) is 20.3 Å². The molecular formula is C6H12N2. The molecule has 2 nitrogen and oxygen atoms in total. The number of hydrogen-bond acceptors (Lipinski definition) is 2. The molecule has 0 saturated carbocycles. The fraction of sp³-hybridized carbons (Fsp3) is 0.667. The Labute approximate surface area is 49.9 Å². The predicted molar refractivity (Wildman–Crippen MR) is 34.1 cm³/mol. The normalized spacial score (nSPS) is 28.8. The maximum absolute atomic E-state index is 3.11. The van der Waals surface area contributed by atoms with E-state index in [1.54, 1.807) is 0 Å². The fourth-order valence-corrected chi connectivity index (χ4v) is 0.701. The topological polar surface area (TPSA) is 24.1 Å². The highest BCUT2D eigenvalue weighted by Crippen LogP contribution is 1.99. The first kappa shape index (κ1) is 5.63. The molecule has 1 heterocycles. The van der Waals surface area contributed by atoms with Crippen LogP contribution in [-0.2, 0) is 0 Å². The van der Waals surface area contributed by atoms with Gasteiger partial charge >= 0.3 is 0 Å². The van der Waals surface area contributed by atoms with E-state index in [4.69, 9.17) is 0 Å². The molecule has 0 saturated heterocycles. The second-order valence-electron chi connectivity index (χ2n) is 2.29. The molecular weight excluding hydrogens is 100 g/mol. The minimum atomic E-state index is 0.582. The summed E-state index contributed by atoms with van der Waals surface area (Å²) in [6, 6.07) is 0.582. The average Bonchev–Trinajstić information content (AvgIpc) is 1.77. The zero-order chi connectivity index (χ0) is 5.98. The number of nitrogens with one attached hydrogen (secondary N) is 2. The molecule has 0 aromatic carbocycles. The Kier molecular flexibility index (Phi) is 1.53. The molecule has 0 fully saturated rings. The quantitative estimate of drug-likeness (QED) is 0.484. The van der Waals surface area contributed by atoms with E-state index in [0.29, 0.717) is 6.04 Å². The van der Waals surface area contributed by atoms with Crippen molar-refractivity contribution < 1.29 is 0 Å². The molecule has 0 amide bonds. The Hall–Kier alpha value is -0.500. The van der Waals surface area contributed by atoms with Crippen LogP contribution >= 0.6 is 0 Å². The van der Waals surface area contributed by atoms with E-state index in [1.807, 2.05) is 0 Å². The lowest BCUT2D eigenvalue weighted by Crippen LogP contribution is -2.40. The molecule has 0 bridgehead atoms. The second kappa shape index (κ2) is 2.18. The van der Waals surface area contributed by atoms with Gasteiger partial charge in [-0.2, -0.15) is 0 Å². The molecule has 0 aliphatic carbocycles. The van der Waals surface area contributed by atoms with Crippen molar-refractivity contribution in [2.45, 2.75) is 26.3 Å². The molecule has 1 aliphatic rings. The molecule has 46 valence electrons. The first-order valence-electron chi connectivity index (χ1n) is 2.97. The first-order chi connectivity index (χ1) is 3.79. The summed E-state index contributed by atoms with van der Waals surface area (Å²) in [6.45, 7) is 4.20. The van der Waals surface area contributed by atoms with Crippen molar-refractivity contribution in [3.63, 3.8) is 0 Å². The van der Waals surface area contributed by atoms with Crippen molar-refractivity contribution in [3.8, 4) is 0 Å². The highest BCUT2D eigenvalue weighted by Gasteiger charge is 2.02. The maximum atomic E-state index is 3.11. The highest BCUT2D eigenvalue weighted by molar-refractivity contribution is 4.99. The molecule has 0 radical (unpaired) electrons. The standard InChI is InChI=1S/C6H12N2/c1-5-3-4-6(2)8-7-5/h3,6-8H,4H2,1-2H3. The van der Waals surface area contributed by atoms with E-state index in [0.717, 1.165) is 6.42 Å². The van der Waals surface area contributed by atoms with Gasteiger partial charge in [0.05, 0.1) is 0 Å². The largest absolute Gasteiger partial charge is 0.326 e. The SMILES string of the molecule is CC1=CCC(C)NN1. The highest BCUT2D eigenvalue weighted by atomic mass is 15.4. The Morgan fingerprint density at radius 1 is 1.75 bits per heavy atom. The van der Waals surface area contributed by atoms with Gasteiger partial charge in [-0.15, -0.1) is 0 Å². The van der Waals surface area contributed by atoms with Gasteiger partial charge in [-0.1, -0.05) is 6.08 Å². The Morgan fingerprint density at radius 2 is 2.50 bits per heavy atom. The lowest BCUT2D eigenvalue weighted by molar-refractivity contribution is 0.467. The average molecular weight is 112 g/mol. The van der Waals surface area contributed by atoms with Crippen molar-refractivity contribution in [1.29, 1.82) is 0 Å². The lowest BCUT2D eigenvalue weighted by atomic mass is 10.2. The van der Waals surface area contributed by atoms with Crippen molar-refractivity contribution in [1.82, 2.24) is 10.9 Å². The summed E-state index contributed by atoms with van der Waals surface area (Å²) >= 11 is 0. The first-order valence-corrected chi connectivity index (χ1v) is 2.97. The molecule has 1 aliphatic heterocycles. The Balaban J connectivity index is 2.42. The van der Waals surface area contributed by atoms with Crippen LogP contribution in [0.15, 0.2) is 11.8 Å². The summed E-state index contributed by atoms with van der Waals surface area (Å²) in [4.78, 5) is 0. The summed E-state index contributed by atoms with van der Waals surface area (Å²) in [5.41, 5.74) is 7.38. The van der Waals surface area contributed by atoms with Crippen LogP contribution in [0.4, 0.5) is 0 Å². The van der Waals surface area contributed by atoms with Gasteiger partial charge in [-0.25, -0.2) is 5.43 Å². The fourth-order valence-electron chi connectivity index (χ4n) is 0.701. The number of allylic oxidation sites excluding steroid dienone is 1. The summed E-state index contributed by atoms with van der Waals surface area (Å²) in [6.07, 6.45) is 3.33. The molecule has 0 aromatic heterocycles. The van der Waals surface area contributed by atoms with Gasteiger partial charge in [0.1, 0.15) is 0 Å². The summed E-state index contributed by atoms with van der Waals surface area (Å²) < 4.78 is 0. The van der Waals surface area contributed by atoms with E-state index in [9.17, 15) is 0 Å². The van der Waals surface area contributed by atoms with Gasteiger partial charge in [0, 0.05) is 11.7 Å². The zero-order valence-corrected chi connectivity index (χ0v) is 5.36. The lowest BCUT2D eigenvalue weighted by Gasteiger charge is -2.19. The third-order valence-electron chi connectivity index (χ3n) is 1.29. The molecule has 0 spiro atoms. The summed E-state index contributed by atoms with van der Waals surface area (Å²) in [5.74, 6) is 0. The minimum absolute atomic E-state index is 0.582. The van der Waals surface area contributed by atoms with Crippen LogP contribution < -0.4 is 10.9 Å².